The lowest BCUT2D eigenvalue weighted by Crippen LogP contribution is -2.21. The highest BCUT2D eigenvalue weighted by Crippen LogP contribution is 2.41. The van der Waals surface area contributed by atoms with E-state index in [1.807, 2.05) is 0 Å². The molecule has 1 N–H and O–H groups in total. The van der Waals surface area contributed by atoms with E-state index in [0.29, 0.717) is 23.8 Å². The van der Waals surface area contributed by atoms with E-state index < -0.39 is 5.97 Å². The quantitative estimate of drug-likeness (QED) is 0.618. The minimum atomic E-state index is -0.839. The van der Waals surface area contributed by atoms with Crippen LogP contribution in [-0.4, -0.2) is 23.3 Å². The second-order valence-corrected chi connectivity index (χ2v) is 5.64. The number of carboxylic acids is 1. The number of ether oxygens (including phenoxy) is 1. The van der Waals surface area contributed by atoms with Gasteiger partial charge in [0.05, 0.1) is 12.2 Å². The summed E-state index contributed by atoms with van der Waals surface area (Å²) in [5.41, 5.74) is 1.83. The number of rotatable bonds is 3. The molecule has 4 atom stereocenters. The molecule has 0 radical (unpaired) electrons. The molecular formula is C15H22O3. The van der Waals surface area contributed by atoms with Crippen LogP contribution in [0, 0.1) is 11.8 Å². The van der Waals surface area contributed by atoms with Gasteiger partial charge in [-0.2, -0.15) is 0 Å². The van der Waals surface area contributed by atoms with Crippen molar-refractivity contribution in [2.45, 2.75) is 52.2 Å². The van der Waals surface area contributed by atoms with Crippen molar-refractivity contribution in [1.82, 2.24) is 0 Å². The van der Waals surface area contributed by atoms with Crippen LogP contribution in [0.3, 0.4) is 0 Å². The molecule has 0 unspecified atom stereocenters. The molecule has 0 bridgehead atoms. The molecule has 0 saturated carbocycles. The van der Waals surface area contributed by atoms with Gasteiger partial charge in [-0.25, -0.2) is 4.79 Å². The molecule has 0 amide bonds. The number of hydrogen-bond acceptors (Lipinski definition) is 2. The standard InChI is InChI=1S/C15H22O3/c1-9-4-6-12-11(3)13(18-14(12)8-9)7-5-10(2)15(16)17/h5,8,11-14H,4,6-7H2,1-3H3,(H,16,17)/b10-5+/t11-,12-,13-,14-/m0/s1. The molecule has 2 aliphatic rings. The Kier molecular flexibility index (Phi) is 3.91. The Morgan fingerprint density at radius 2 is 2.33 bits per heavy atom. The molecule has 1 saturated heterocycles. The summed E-state index contributed by atoms with van der Waals surface area (Å²) in [5.74, 6) is 0.281. The fraction of sp³-hybridized carbons (Fsp3) is 0.667. The Morgan fingerprint density at radius 1 is 1.61 bits per heavy atom. The van der Waals surface area contributed by atoms with Gasteiger partial charge < -0.3 is 9.84 Å². The predicted octanol–water partition coefficient (Wildman–Crippen LogP) is 3.17. The summed E-state index contributed by atoms with van der Waals surface area (Å²) in [6.45, 7) is 6.03. The average Bonchev–Trinajstić information content (AvgIpc) is 2.62. The summed E-state index contributed by atoms with van der Waals surface area (Å²) >= 11 is 0. The van der Waals surface area contributed by atoms with Crippen molar-refractivity contribution in [2.24, 2.45) is 11.8 Å². The molecule has 0 aromatic rings. The third-order valence-corrected chi connectivity index (χ3v) is 4.33. The van der Waals surface area contributed by atoms with Crippen molar-refractivity contribution in [3.05, 3.63) is 23.3 Å². The number of carbonyl (C=O) groups is 1. The zero-order valence-electron chi connectivity index (χ0n) is 11.3. The van der Waals surface area contributed by atoms with Gasteiger partial charge >= 0.3 is 5.97 Å². The van der Waals surface area contributed by atoms with Crippen LogP contribution in [0.4, 0.5) is 0 Å². The molecule has 100 valence electrons. The van der Waals surface area contributed by atoms with E-state index in [1.54, 1.807) is 13.0 Å². The van der Waals surface area contributed by atoms with Crippen LogP contribution in [0.1, 0.15) is 40.0 Å². The van der Waals surface area contributed by atoms with Crippen LogP contribution in [0.15, 0.2) is 23.3 Å². The van der Waals surface area contributed by atoms with Crippen LogP contribution in [-0.2, 0) is 9.53 Å². The lowest BCUT2D eigenvalue weighted by molar-refractivity contribution is -0.132. The Morgan fingerprint density at radius 3 is 3.00 bits per heavy atom. The van der Waals surface area contributed by atoms with Crippen molar-refractivity contribution in [2.75, 3.05) is 0 Å². The Labute approximate surface area is 109 Å². The Bertz CT molecular complexity index is 395. The molecular weight excluding hydrogens is 228 g/mol. The van der Waals surface area contributed by atoms with Gasteiger partial charge in [-0.15, -0.1) is 0 Å². The monoisotopic (exact) mass is 250 g/mol. The lowest BCUT2D eigenvalue weighted by atomic mass is 9.80. The molecule has 1 fully saturated rings. The van der Waals surface area contributed by atoms with Crippen LogP contribution < -0.4 is 0 Å². The summed E-state index contributed by atoms with van der Waals surface area (Å²) in [6.07, 6.45) is 7.53. The predicted molar refractivity (Wildman–Crippen MR) is 70.3 cm³/mol. The molecule has 1 aliphatic carbocycles. The number of allylic oxidation sites excluding steroid dienone is 1. The molecule has 0 spiro atoms. The Hall–Kier alpha value is -1.09. The molecule has 18 heavy (non-hydrogen) atoms. The van der Waals surface area contributed by atoms with E-state index in [9.17, 15) is 4.79 Å². The number of carboxylic acid groups (broad SMARTS) is 1. The van der Waals surface area contributed by atoms with Crippen molar-refractivity contribution in [3.63, 3.8) is 0 Å². The third-order valence-electron chi connectivity index (χ3n) is 4.33. The van der Waals surface area contributed by atoms with E-state index >= 15 is 0 Å². The second-order valence-electron chi connectivity index (χ2n) is 5.64. The highest BCUT2D eigenvalue weighted by molar-refractivity contribution is 5.85. The number of fused-ring (bicyclic) bond motifs is 1. The minimum Gasteiger partial charge on any atom is -0.478 e. The normalized spacial score (nSPS) is 36.2. The van der Waals surface area contributed by atoms with E-state index in [1.165, 1.54) is 18.4 Å². The average molecular weight is 250 g/mol. The van der Waals surface area contributed by atoms with Gasteiger partial charge in [0.2, 0.25) is 0 Å². The fourth-order valence-electron chi connectivity index (χ4n) is 3.00. The molecule has 1 aliphatic heterocycles. The maximum absolute atomic E-state index is 10.8. The molecule has 2 rings (SSSR count). The van der Waals surface area contributed by atoms with Gasteiger partial charge in [-0.1, -0.05) is 24.6 Å². The first-order chi connectivity index (χ1) is 8.49. The molecule has 3 nitrogen and oxygen atoms in total. The minimum absolute atomic E-state index is 0.163. The van der Waals surface area contributed by atoms with Crippen molar-refractivity contribution >= 4 is 5.97 Å². The van der Waals surface area contributed by atoms with E-state index in [0.717, 1.165) is 0 Å². The van der Waals surface area contributed by atoms with E-state index in [4.69, 9.17) is 9.84 Å². The molecule has 1 heterocycles. The molecule has 0 aromatic carbocycles. The van der Waals surface area contributed by atoms with E-state index in [-0.39, 0.29) is 12.2 Å². The largest absolute Gasteiger partial charge is 0.478 e. The van der Waals surface area contributed by atoms with Crippen LogP contribution in [0.25, 0.3) is 0 Å². The van der Waals surface area contributed by atoms with Crippen molar-refractivity contribution in [3.8, 4) is 0 Å². The smallest absolute Gasteiger partial charge is 0.330 e. The fourth-order valence-corrected chi connectivity index (χ4v) is 3.00. The van der Waals surface area contributed by atoms with Gasteiger partial charge in [-0.3, -0.25) is 0 Å². The zero-order valence-corrected chi connectivity index (χ0v) is 11.3. The van der Waals surface area contributed by atoms with Crippen LogP contribution >= 0.6 is 0 Å². The summed E-state index contributed by atoms with van der Waals surface area (Å²) < 4.78 is 6.06. The van der Waals surface area contributed by atoms with Gasteiger partial charge in [-0.05, 0) is 44.9 Å². The molecule has 3 heteroatoms. The van der Waals surface area contributed by atoms with Crippen LogP contribution in [0.5, 0.6) is 0 Å². The summed E-state index contributed by atoms with van der Waals surface area (Å²) in [5, 5.41) is 8.84. The highest BCUT2D eigenvalue weighted by atomic mass is 16.5. The second kappa shape index (κ2) is 5.27. The van der Waals surface area contributed by atoms with E-state index in [2.05, 4.69) is 19.9 Å². The third kappa shape index (κ3) is 2.66. The summed E-state index contributed by atoms with van der Waals surface area (Å²) in [4.78, 5) is 10.8. The first kappa shape index (κ1) is 13.3. The van der Waals surface area contributed by atoms with Gasteiger partial charge in [0.1, 0.15) is 0 Å². The number of aliphatic carboxylic acids is 1. The highest BCUT2D eigenvalue weighted by Gasteiger charge is 2.41. The van der Waals surface area contributed by atoms with Gasteiger partial charge in [0.25, 0.3) is 0 Å². The Balaban J connectivity index is 2.01. The first-order valence-corrected chi connectivity index (χ1v) is 6.72. The van der Waals surface area contributed by atoms with Gasteiger partial charge in [0, 0.05) is 5.57 Å². The maximum Gasteiger partial charge on any atom is 0.330 e. The van der Waals surface area contributed by atoms with Crippen molar-refractivity contribution in [1.29, 1.82) is 0 Å². The van der Waals surface area contributed by atoms with Crippen molar-refractivity contribution < 1.29 is 14.6 Å². The van der Waals surface area contributed by atoms with Gasteiger partial charge in [0.15, 0.2) is 0 Å². The van der Waals surface area contributed by atoms with Crippen LogP contribution in [0.2, 0.25) is 0 Å². The topological polar surface area (TPSA) is 46.5 Å². The summed E-state index contributed by atoms with van der Waals surface area (Å²) in [7, 11) is 0. The molecule has 0 aromatic heterocycles. The maximum atomic E-state index is 10.8. The first-order valence-electron chi connectivity index (χ1n) is 6.72. The SMILES string of the molecule is CC1=C[C@@H]2O[C@@H](C/C=C(\C)C(=O)O)[C@@H](C)[C@@H]2CC1. The zero-order chi connectivity index (χ0) is 13.3. The summed E-state index contributed by atoms with van der Waals surface area (Å²) in [6, 6.07) is 0. The lowest BCUT2D eigenvalue weighted by Gasteiger charge is -2.23. The number of hydrogen-bond donors (Lipinski definition) is 1.